The average Bonchev–Trinajstić information content (AvgIpc) is 3.25. The van der Waals surface area contributed by atoms with E-state index < -0.39 is 0 Å². The fourth-order valence-electron chi connectivity index (χ4n) is 4.42. The molecule has 2 fully saturated rings. The smallest absolute Gasteiger partial charge is 0.185 e. The molecule has 6 atom stereocenters. The fourth-order valence-corrected chi connectivity index (χ4v) is 4.82. The van der Waals surface area contributed by atoms with Crippen LogP contribution < -0.4 is 21.5 Å². The first-order valence-electron chi connectivity index (χ1n) is 8.17. The average molecular weight is 335 g/mol. The van der Waals surface area contributed by atoms with Crippen LogP contribution in [0.5, 0.6) is 0 Å². The maximum atomic E-state index is 5.35. The standard InChI is InChI=1S/C16H22N4S2/c21-15(17-13-7-9-1-3-11(13)5-9)19-20-16(22)18-14-8-10-2-4-12(14)6-10/h1-4,9-14H,5-8H2,(H2,17,19,21)(H2,18,20,22)/t9-,10+,11-,12-,13-,14+/m1/s1. The molecule has 0 spiro atoms. The van der Waals surface area contributed by atoms with Crippen molar-refractivity contribution in [2.24, 2.45) is 23.7 Å². The normalized spacial score (nSPS) is 40.0. The van der Waals surface area contributed by atoms with E-state index in [1.54, 1.807) is 0 Å². The second-order valence-electron chi connectivity index (χ2n) is 6.97. The molecule has 4 aliphatic rings. The summed E-state index contributed by atoms with van der Waals surface area (Å²) < 4.78 is 0. The number of hydrazine groups is 1. The molecule has 4 rings (SSSR count). The Labute approximate surface area is 142 Å². The molecule has 0 aromatic rings. The minimum absolute atomic E-state index is 0.467. The van der Waals surface area contributed by atoms with E-state index in [-0.39, 0.29) is 0 Å². The van der Waals surface area contributed by atoms with Gasteiger partial charge in [-0.15, -0.1) is 0 Å². The number of nitrogens with one attached hydrogen (secondary N) is 4. The van der Waals surface area contributed by atoms with Crippen molar-refractivity contribution in [3.63, 3.8) is 0 Å². The van der Waals surface area contributed by atoms with Gasteiger partial charge < -0.3 is 10.6 Å². The Morgan fingerprint density at radius 1 is 0.682 bits per heavy atom. The van der Waals surface area contributed by atoms with Gasteiger partial charge in [-0.25, -0.2) is 0 Å². The summed E-state index contributed by atoms with van der Waals surface area (Å²) in [7, 11) is 0. The van der Waals surface area contributed by atoms with Gasteiger partial charge in [-0.1, -0.05) is 24.3 Å². The summed E-state index contributed by atoms with van der Waals surface area (Å²) in [6, 6.07) is 0.933. The molecule has 4 nitrogen and oxygen atoms in total. The predicted molar refractivity (Wildman–Crippen MR) is 96.0 cm³/mol. The van der Waals surface area contributed by atoms with Crippen LogP contribution in [0.3, 0.4) is 0 Å². The van der Waals surface area contributed by atoms with Gasteiger partial charge in [-0.3, -0.25) is 10.9 Å². The van der Waals surface area contributed by atoms with E-state index in [9.17, 15) is 0 Å². The van der Waals surface area contributed by atoms with Gasteiger partial charge in [-0.2, -0.15) is 0 Å². The molecule has 0 aliphatic heterocycles. The lowest BCUT2D eigenvalue weighted by Crippen LogP contribution is -2.54. The van der Waals surface area contributed by atoms with Crippen LogP contribution in [0.15, 0.2) is 24.3 Å². The molecule has 0 heterocycles. The highest BCUT2D eigenvalue weighted by molar-refractivity contribution is 7.80. The second-order valence-corrected chi connectivity index (χ2v) is 7.79. The third kappa shape index (κ3) is 2.86. The van der Waals surface area contributed by atoms with E-state index in [4.69, 9.17) is 24.4 Å². The Kier molecular flexibility index (Phi) is 3.82. The summed E-state index contributed by atoms with van der Waals surface area (Å²) in [5.74, 6) is 2.75. The highest BCUT2D eigenvalue weighted by atomic mass is 32.1. The minimum Gasteiger partial charge on any atom is -0.358 e. The van der Waals surface area contributed by atoms with Crippen LogP contribution in [-0.4, -0.2) is 22.3 Å². The van der Waals surface area contributed by atoms with Crippen molar-refractivity contribution < 1.29 is 0 Å². The monoisotopic (exact) mass is 334 g/mol. The van der Waals surface area contributed by atoms with E-state index in [0.717, 1.165) is 11.8 Å². The van der Waals surface area contributed by atoms with Crippen LogP contribution in [0.2, 0.25) is 0 Å². The van der Waals surface area contributed by atoms with Crippen molar-refractivity contribution in [2.75, 3.05) is 0 Å². The third-order valence-corrected chi connectivity index (χ3v) is 5.92. The first-order valence-corrected chi connectivity index (χ1v) is 8.98. The topological polar surface area (TPSA) is 48.1 Å². The molecular formula is C16H22N4S2. The van der Waals surface area contributed by atoms with E-state index in [0.29, 0.717) is 34.1 Å². The summed E-state index contributed by atoms with van der Waals surface area (Å²) >= 11 is 10.7. The maximum absolute atomic E-state index is 5.35. The molecular weight excluding hydrogens is 312 g/mol. The van der Waals surface area contributed by atoms with Gasteiger partial charge in [0.2, 0.25) is 0 Å². The highest BCUT2D eigenvalue weighted by Gasteiger charge is 2.36. The van der Waals surface area contributed by atoms with Gasteiger partial charge in [0.1, 0.15) is 0 Å². The zero-order valence-corrected chi connectivity index (χ0v) is 14.1. The first kappa shape index (κ1) is 14.5. The number of thiocarbonyl (C=S) groups is 2. The molecule has 0 amide bonds. The summed E-state index contributed by atoms with van der Waals surface area (Å²) in [5.41, 5.74) is 6.02. The summed E-state index contributed by atoms with van der Waals surface area (Å²) in [6.07, 6.45) is 14.2. The van der Waals surface area contributed by atoms with Crippen LogP contribution in [-0.2, 0) is 0 Å². The summed E-state index contributed by atoms with van der Waals surface area (Å²) in [5, 5.41) is 8.04. The molecule has 4 N–H and O–H groups in total. The molecule has 2 saturated carbocycles. The van der Waals surface area contributed by atoms with Crippen LogP contribution in [0.4, 0.5) is 0 Å². The Morgan fingerprint density at radius 2 is 1.14 bits per heavy atom. The molecule has 22 heavy (non-hydrogen) atoms. The zero-order chi connectivity index (χ0) is 15.1. The van der Waals surface area contributed by atoms with E-state index >= 15 is 0 Å². The van der Waals surface area contributed by atoms with Crippen molar-refractivity contribution in [1.29, 1.82) is 0 Å². The van der Waals surface area contributed by atoms with Gasteiger partial charge in [0.05, 0.1) is 0 Å². The van der Waals surface area contributed by atoms with Crippen molar-refractivity contribution in [2.45, 2.75) is 37.8 Å². The van der Waals surface area contributed by atoms with Crippen molar-refractivity contribution in [3.05, 3.63) is 24.3 Å². The van der Waals surface area contributed by atoms with Crippen LogP contribution in [0.1, 0.15) is 25.7 Å². The molecule has 0 unspecified atom stereocenters. The van der Waals surface area contributed by atoms with Gasteiger partial charge in [0, 0.05) is 12.1 Å². The van der Waals surface area contributed by atoms with Crippen LogP contribution in [0.25, 0.3) is 0 Å². The van der Waals surface area contributed by atoms with E-state index in [2.05, 4.69) is 45.8 Å². The first-order chi connectivity index (χ1) is 10.7. The van der Waals surface area contributed by atoms with Crippen molar-refractivity contribution in [1.82, 2.24) is 21.5 Å². The Balaban J connectivity index is 1.18. The zero-order valence-electron chi connectivity index (χ0n) is 12.4. The van der Waals surface area contributed by atoms with Gasteiger partial charge >= 0.3 is 0 Å². The number of hydrogen-bond donors (Lipinski definition) is 4. The second kappa shape index (κ2) is 5.81. The largest absolute Gasteiger partial charge is 0.358 e. The highest BCUT2D eigenvalue weighted by Crippen LogP contribution is 2.39. The number of hydrogen-bond acceptors (Lipinski definition) is 2. The molecule has 4 aliphatic carbocycles. The van der Waals surface area contributed by atoms with Crippen molar-refractivity contribution in [3.8, 4) is 0 Å². The fraction of sp³-hybridized carbons (Fsp3) is 0.625. The number of allylic oxidation sites excluding steroid dienone is 2. The summed E-state index contributed by atoms with van der Waals surface area (Å²) in [6.45, 7) is 0. The predicted octanol–water partition coefficient (Wildman–Crippen LogP) is 1.76. The maximum Gasteiger partial charge on any atom is 0.185 e. The Bertz CT molecular complexity index is 496. The van der Waals surface area contributed by atoms with E-state index in [1.165, 1.54) is 25.7 Å². The van der Waals surface area contributed by atoms with Crippen molar-refractivity contribution >= 4 is 34.7 Å². The minimum atomic E-state index is 0.467. The Morgan fingerprint density at radius 3 is 1.45 bits per heavy atom. The lowest BCUT2D eigenvalue weighted by atomic mass is 10.0. The molecule has 4 bridgehead atoms. The molecule has 0 radical (unpaired) electrons. The van der Waals surface area contributed by atoms with Crippen LogP contribution in [0, 0.1) is 23.7 Å². The number of fused-ring (bicyclic) bond motifs is 4. The number of rotatable bonds is 2. The quantitative estimate of drug-likeness (QED) is 0.351. The molecule has 0 aromatic heterocycles. The van der Waals surface area contributed by atoms with Gasteiger partial charge in [0.15, 0.2) is 10.2 Å². The molecule has 0 saturated heterocycles. The van der Waals surface area contributed by atoms with Crippen LogP contribution >= 0.6 is 24.4 Å². The molecule has 0 aromatic carbocycles. The van der Waals surface area contributed by atoms with Gasteiger partial charge in [-0.05, 0) is 73.8 Å². The van der Waals surface area contributed by atoms with E-state index in [1.807, 2.05) is 0 Å². The lowest BCUT2D eigenvalue weighted by molar-refractivity contribution is 0.510. The molecule has 118 valence electrons. The Hall–Kier alpha value is -1.14. The SMILES string of the molecule is S=C(NNC(=S)N[C@@H]1C[C@@H]2C=C[C@@H]1C2)N[C@H]1C[C@H]2C=C[C@@H]1C2. The van der Waals surface area contributed by atoms with Gasteiger partial charge in [0.25, 0.3) is 0 Å². The molecule has 6 heteroatoms. The summed E-state index contributed by atoms with van der Waals surface area (Å²) in [4.78, 5) is 0. The lowest BCUT2D eigenvalue weighted by Gasteiger charge is -2.24. The third-order valence-electron chi connectivity index (χ3n) is 5.48.